The van der Waals surface area contributed by atoms with Crippen molar-refractivity contribution >= 4 is 23.8 Å². The van der Waals surface area contributed by atoms with E-state index in [2.05, 4.69) is 4.84 Å². The van der Waals surface area contributed by atoms with Crippen molar-refractivity contribution in [1.29, 1.82) is 0 Å². The monoisotopic (exact) mass is 351 g/mol. The van der Waals surface area contributed by atoms with Crippen LogP contribution in [0.25, 0.3) is 0 Å². The average molecular weight is 351 g/mol. The van der Waals surface area contributed by atoms with Gasteiger partial charge in [-0.05, 0) is 37.5 Å². The molecule has 0 aliphatic rings. The second-order valence-corrected chi connectivity index (χ2v) is 5.31. The van der Waals surface area contributed by atoms with Crippen LogP contribution in [0.1, 0.15) is 42.6 Å². The number of carboxylic acids is 1. The van der Waals surface area contributed by atoms with Gasteiger partial charge in [0, 0.05) is 13.3 Å². The van der Waals surface area contributed by atoms with E-state index in [1.165, 1.54) is 0 Å². The Labute approximate surface area is 145 Å². The molecule has 1 aromatic carbocycles. The van der Waals surface area contributed by atoms with Gasteiger partial charge in [-0.3, -0.25) is 14.4 Å². The van der Waals surface area contributed by atoms with Gasteiger partial charge in [0.05, 0.1) is 18.1 Å². The molecule has 1 amide bonds. The molecular formula is C17H21NO7. The second kappa shape index (κ2) is 10.1. The van der Waals surface area contributed by atoms with Crippen molar-refractivity contribution in [2.75, 3.05) is 6.61 Å². The van der Waals surface area contributed by atoms with E-state index in [4.69, 9.17) is 4.74 Å². The second-order valence-electron chi connectivity index (χ2n) is 5.31. The standard InChI is InChI=1S/C17H21NO7/c1-3-24-17(23)13-6-4-12(5-7-13)10-14(16(21)22)8-9-15(20)18-25-11(2)19/h4-7,14H,3,8-10H2,1-2H3,(H,18,20)(H,21,22). The Morgan fingerprint density at radius 2 is 1.80 bits per heavy atom. The highest BCUT2D eigenvalue weighted by atomic mass is 16.7. The Bertz CT molecular complexity index is 624. The first-order valence-corrected chi connectivity index (χ1v) is 7.78. The van der Waals surface area contributed by atoms with Gasteiger partial charge in [-0.15, -0.1) is 0 Å². The van der Waals surface area contributed by atoms with Crippen LogP contribution in [0.5, 0.6) is 0 Å². The van der Waals surface area contributed by atoms with Gasteiger partial charge in [-0.2, -0.15) is 5.48 Å². The number of carbonyl (C=O) groups excluding carboxylic acids is 3. The molecule has 8 heteroatoms. The fourth-order valence-electron chi connectivity index (χ4n) is 2.07. The number of rotatable bonds is 8. The smallest absolute Gasteiger partial charge is 0.338 e. The van der Waals surface area contributed by atoms with Gasteiger partial charge < -0.3 is 14.7 Å². The summed E-state index contributed by atoms with van der Waals surface area (Å²) in [6, 6.07) is 6.45. The van der Waals surface area contributed by atoms with Gasteiger partial charge in [-0.1, -0.05) is 12.1 Å². The van der Waals surface area contributed by atoms with E-state index in [0.29, 0.717) is 5.56 Å². The van der Waals surface area contributed by atoms with E-state index >= 15 is 0 Å². The number of hydroxylamine groups is 1. The quantitative estimate of drug-likeness (QED) is 0.538. The lowest BCUT2D eigenvalue weighted by Gasteiger charge is -2.12. The number of benzene rings is 1. The maximum Gasteiger partial charge on any atom is 0.338 e. The van der Waals surface area contributed by atoms with Crippen LogP contribution in [0, 0.1) is 5.92 Å². The third-order valence-corrected chi connectivity index (χ3v) is 3.32. The molecule has 136 valence electrons. The van der Waals surface area contributed by atoms with Gasteiger partial charge >= 0.3 is 17.9 Å². The number of hydrogen-bond donors (Lipinski definition) is 2. The van der Waals surface area contributed by atoms with Gasteiger partial charge in [0.2, 0.25) is 0 Å². The lowest BCUT2D eigenvalue weighted by molar-refractivity contribution is -0.156. The molecule has 1 rings (SSSR count). The SMILES string of the molecule is CCOC(=O)c1ccc(CC(CCC(=O)NOC(C)=O)C(=O)O)cc1. The minimum Gasteiger partial charge on any atom is -0.481 e. The van der Waals surface area contributed by atoms with Crippen molar-refractivity contribution in [3.05, 3.63) is 35.4 Å². The molecule has 0 aliphatic heterocycles. The maximum absolute atomic E-state index is 11.6. The molecule has 1 unspecified atom stereocenters. The summed E-state index contributed by atoms with van der Waals surface area (Å²) in [7, 11) is 0. The highest BCUT2D eigenvalue weighted by Gasteiger charge is 2.20. The van der Waals surface area contributed by atoms with Crippen molar-refractivity contribution in [3.63, 3.8) is 0 Å². The summed E-state index contributed by atoms with van der Waals surface area (Å²) < 4.78 is 4.88. The highest BCUT2D eigenvalue weighted by Crippen LogP contribution is 2.16. The lowest BCUT2D eigenvalue weighted by atomic mass is 9.94. The van der Waals surface area contributed by atoms with Crippen molar-refractivity contribution in [2.45, 2.75) is 33.1 Å². The normalized spacial score (nSPS) is 11.3. The van der Waals surface area contributed by atoms with E-state index in [1.54, 1.807) is 31.2 Å². The molecule has 0 fully saturated rings. The van der Waals surface area contributed by atoms with Crippen molar-refractivity contribution in [3.8, 4) is 0 Å². The summed E-state index contributed by atoms with van der Waals surface area (Å²) in [6.45, 7) is 3.12. The van der Waals surface area contributed by atoms with E-state index in [0.717, 1.165) is 12.5 Å². The number of carbonyl (C=O) groups is 4. The molecular weight excluding hydrogens is 330 g/mol. The topological polar surface area (TPSA) is 119 Å². The van der Waals surface area contributed by atoms with Crippen LogP contribution in [0.15, 0.2) is 24.3 Å². The summed E-state index contributed by atoms with van der Waals surface area (Å²) in [5.41, 5.74) is 3.05. The summed E-state index contributed by atoms with van der Waals surface area (Å²) in [6.07, 6.45) is 0.201. The van der Waals surface area contributed by atoms with Crippen LogP contribution in [-0.2, 0) is 30.4 Å². The molecule has 0 radical (unpaired) electrons. The third-order valence-electron chi connectivity index (χ3n) is 3.32. The number of ether oxygens (including phenoxy) is 1. The number of carboxylic acid groups (broad SMARTS) is 1. The van der Waals surface area contributed by atoms with E-state index in [1.807, 2.05) is 5.48 Å². The molecule has 0 spiro atoms. The molecule has 0 heterocycles. The Balaban J connectivity index is 2.60. The molecule has 25 heavy (non-hydrogen) atoms. The first-order chi connectivity index (χ1) is 11.8. The summed E-state index contributed by atoms with van der Waals surface area (Å²) in [4.78, 5) is 49.3. The van der Waals surface area contributed by atoms with Crippen LogP contribution in [0.3, 0.4) is 0 Å². The van der Waals surface area contributed by atoms with Gasteiger partial charge in [0.25, 0.3) is 5.91 Å². The predicted molar refractivity (Wildman–Crippen MR) is 86.4 cm³/mol. The Morgan fingerprint density at radius 3 is 2.32 bits per heavy atom. The largest absolute Gasteiger partial charge is 0.481 e. The molecule has 0 aliphatic carbocycles. The molecule has 1 atom stereocenters. The van der Waals surface area contributed by atoms with Crippen molar-refractivity contribution in [1.82, 2.24) is 5.48 Å². The molecule has 1 aromatic rings. The van der Waals surface area contributed by atoms with E-state index < -0.39 is 29.7 Å². The van der Waals surface area contributed by atoms with Gasteiger partial charge in [0.1, 0.15) is 0 Å². The van der Waals surface area contributed by atoms with Crippen molar-refractivity contribution in [2.24, 2.45) is 5.92 Å². The van der Waals surface area contributed by atoms with Crippen LogP contribution in [0.2, 0.25) is 0 Å². The Kier molecular flexibility index (Phi) is 8.11. The average Bonchev–Trinajstić information content (AvgIpc) is 2.57. The zero-order valence-electron chi connectivity index (χ0n) is 14.1. The van der Waals surface area contributed by atoms with Crippen LogP contribution >= 0.6 is 0 Å². The minimum absolute atomic E-state index is 0.0854. The number of aliphatic carboxylic acids is 1. The Morgan fingerprint density at radius 1 is 1.16 bits per heavy atom. The predicted octanol–water partition coefficient (Wildman–Crippen LogP) is 1.48. The van der Waals surface area contributed by atoms with Crippen molar-refractivity contribution < 1.29 is 33.9 Å². The van der Waals surface area contributed by atoms with Gasteiger partial charge in [-0.25, -0.2) is 4.79 Å². The lowest BCUT2D eigenvalue weighted by Crippen LogP contribution is -2.27. The first kappa shape index (κ1) is 20.1. The van der Waals surface area contributed by atoms with Crippen LogP contribution < -0.4 is 5.48 Å². The number of esters is 1. The Hall–Kier alpha value is -2.90. The summed E-state index contributed by atoms with van der Waals surface area (Å²) in [5, 5.41) is 9.29. The van der Waals surface area contributed by atoms with Crippen LogP contribution in [0.4, 0.5) is 0 Å². The molecule has 8 nitrogen and oxygen atoms in total. The fourth-order valence-corrected chi connectivity index (χ4v) is 2.07. The molecule has 0 aromatic heterocycles. The van der Waals surface area contributed by atoms with E-state index in [-0.39, 0.29) is 25.9 Å². The summed E-state index contributed by atoms with van der Waals surface area (Å²) >= 11 is 0. The zero-order chi connectivity index (χ0) is 18.8. The summed E-state index contributed by atoms with van der Waals surface area (Å²) in [5.74, 6) is -3.49. The number of amides is 1. The zero-order valence-corrected chi connectivity index (χ0v) is 14.1. The van der Waals surface area contributed by atoms with Crippen LogP contribution in [-0.4, -0.2) is 35.5 Å². The van der Waals surface area contributed by atoms with Gasteiger partial charge in [0.15, 0.2) is 0 Å². The minimum atomic E-state index is -1.03. The molecule has 0 saturated carbocycles. The number of hydrogen-bond acceptors (Lipinski definition) is 6. The first-order valence-electron chi connectivity index (χ1n) is 7.78. The maximum atomic E-state index is 11.6. The molecule has 0 saturated heterocycles. The number of nitrogens with one attached hydrogen (secondary N) is 1. The fraction of sp³-hybridized carbons (Fsp3) is 0.412. The molecule has 0 bridgehead atoms. The third kappa shape index (κ3) is 7.47. The molecule has 2 N–H and O–H groups in total. The van der Waals surface area contributed by atoms with E-state index in [9.17, 15) is 24.3 Å². The highest BCUT2D eigenvalue weighted by molar-refractivity contribution is 5.89.